The minimum Gasteiger partial charge on any atom is -0.385 e. The van der Waals surface area contributed by atoms with Crippen LogP contribution in [0.1, 0.15) is 23.7 Å². The maximum Gasteiger partial charge on any atom is 0.416 e. The van der Waals surface area contributed by atoms with E-state index in [0.29, 0.717) is 19.8 Å². The molecule has 0 unspecified atom stereocenters. The molecule has 0 saturated carbocycles. The number of morpholine rings is 1. The molecule has 3 nitrogen and oxygen atoms in total. The molecule has 0 aliphatic carbocycles. The minimum atomic E-state index is -4.29. The Bertz CT molecular complexity index is 434. The first kappa shape index (κ1) is 16.3. The van der Waals surface area contributed by atoms with E-state index in [4.69, 9.17) is 9.47 Å². The number of alkyl halides is 3. The van der Waals surface area contributed by atoms with E-state index in [0.717, 1.165) is 37.2 Å². The number of nitrogens with zero attached hydrogens (tertiary/aromatic N) is 1. The third kappa shape index (κ3) is 4.69. The largest absolute Gasteiger partial charge is 0.416 e. The van der Waals surface area contributed by atoms with Crippen molar-refractivity contribution in [2.24, 2.45) is 0 Å². The molecule has 0 radical (unpaired) electrons. The van der Waals surface area contributed by atoms with Crippen LogP contribution in [-0.2, 0) is 15.7 Å². The van der Waals surface area contributed by atoms with Crippen LogP contribution in [0.15, 0.2) is 24.3 Å². The highest BCUT2D eigenvalue weighted by atomic mass is 19.4. The molecule has 1 aromatic carbocycles. The number of ether oxygens (including phenoxy) is 2. The summed E-state index contributed by atoms with van der Waals surface area (Å²) in [5, 5.41) is 0. The Hall–Kier alpha value is -1.11. The minimum absolute atomic E-state index is 0.163. The quantitative estimate of drug-likeness (QED) is 0.780. The Balaban J connectivity index is 1.94. The van der Waals surface area contributed by atoms with Crippen molar-refractivity contribution in [3.63, 3.8) is 0 Å². The zero-order valence-electron chi connectivity index (χ0n) is 12.0. The summed E-state index contributed by atoms with van der Waals surface area (Å²) in [6.07, 6.45) is -3.52. The summed E-state index contributed by atoms with van der Waals surface area (Å²) >= 11 is 0. The van der Waals surface area contributed by atoms with Crippen molar-refractivity contribution in [3.8, 4) is 0 Å². The van der Waals surface area contributed by atoms with Gasteiger partial charge in [-0.25, -0.2) is 0 Å². The second-order valence-electron chi connectivity index (χ2n) is 5.13. The van der Waals surface area contributed by atoms with Gasteiger partial charge in [0.15, 0.2) is 0 Å². The van der Waals surface area contributed by atoms with E-state index in [-0.39, 0.29) is 6.10 Å². The number of hydrogen-bond acceptors (Lipinski definition) is 3. The SMILES string of the molecule is COCCCN1CCO[C@@H](c2ccc(C(F)(F)F)cc2)C1. The molecule has 0 bridgehead atoms. The smallest absolute Gasteiger partial charge is 0.385 e. The standard InChI is InChI=1S/C15H20F3NO2/c1-20-9-2-7-19-8-10-21-14(11-19)12-3-5-13(6-4-12)15(16,17)18/h3-6,14H,2,7-11H2,1H3/t14-/m1/s1. The average molecular weight is 303 g/mol. The predicted octanol–water partition coefficient (Wildman–Crippen LogP) is 3.12. The van der Waals surface area contributed by atoms with Gasteiger partial charge in [0.2, 0.25) is 0 Å². The second kappa shape index (κ2) is 7.24. The van der Waals surface area contributed by atoms with Gasteiger partial charge in [-0.15, -0.1) is 0 Å². The van der Waals surface area contributed by atoms with Crippen LogP contribution in [0.3, 0.4) is 0 Å². The Morgan fingerprint density at radius 2 is 2.00 bits per heavy atom. The van der Waals surface area contributed by atoms with E-state index < -0.39 is 11.7 Å². The predicted molar refractivity (Wildman–Crippen MR) is 73.1 cm³/mol. The molecule has 0 N–H and O–H groups in total. The van der Waals surface area contributed by atoms with Gasteiger partial charge in [0.05, 0.1) is 18.3 Å². The van der Waals surface area contributed by atoms with Crippen LogP contribution in [0, 0.1) is 0 Å². The fourth-order valence-corrected chi connectivity index (χ4v) is 2.43. The highest BCUT2D eigenvalue weighted by molar-refractivity contribution is 5.26. The molecule has 1 saturated heterocycles. The highest BCUT2D eigenvalue weighted by Crippen LogP contribution is 2.31. The molecule has 1 fully saturated rings. The zero-order valence-corrected chi connectivity index (χ0v) is 12.0. The molecule has 1 heterocycles. The van der Waals surface area contributed by atoms with Crippen molar-refractivity contribution < 1.29 is 22.6 Å². The molecule has 1 aliphatic rings. The van der Waals surface area contributed by atoms with Crippen LogP contribution in [0.25, 0.3) is 0 Å². The monoisotopic (exact) mass is 303 g/mol. The van der Waals surface area contributed by atoms with Crippen LogP contribution in [0.2, 0.25) is 0 Å². The van der Waals surface area contributed by atoms with Crippen molar-refractivity contribution in [2.45, 2.75) is 18.7 Å². The summed E-state index contributed by atoms with van der Waals surface area (Å²) in [6, 6.07) is 5.24. The topological polar surface area (TPSA) is 21.7 Å². The molecule has 0 spiro atoms. The molecule has 21 heavy (non-hydrogen) atoms. The van der Waals surface area contributed by atoms with Crippen molar-refractivity contribution in [3.05, 3.63) is 35.4 Å². The molecule has 6 heteroatoms. The summed E-state index contributed by atoms with van der Waals surface area (Å²) in [6.45, 7) is 3.77. The molecule has 1 atom stereocenters. The molecule has 2 rings (SSSR count). The lowest BCUT2D eigenvalue weighted by Crippen LogP contribution is -2.39. The van der Waals surface area contributed by atoms with E-state index in [9.17, 15) is 13.2 Å². The summed E-state index contributed by atoms with van der Waals surface area (Å²) in [5.74, 6) is 0. The third-order valence-electron chi connectivity index (χ3n) is 3.58. The number of methoxy groups -OCH3 is 1. The van der Waals surface area contributed by atoms with Crippen LogP contribution >= 0.6 is 0 Å². The normalized spacial score (nSPS) is 20.7. The number of rotatable bonds is 5. The third-order valence-corrected chi connectivity index (χ3v) is 3.58. The van der Waals surface area contributed by atoms with Gasteiger partial charge in [0.1, 0.15) is 0 Å². The van der Waals surface area contributed by atoms with Gasteiger partial charge >= 0.3 is 6.18 Å². The lowest BCUT2D eigenvalue weighted by Gasteiger charge is -2.33. The van der Waals surface area contributed by atoms with Gasteiger partial charge in [-0.05, 0) is 24.1 Å². The van der Waals surface area contributed by atoms with Gasteiger partial charge in [0.25, 0.3) is 0 Å². The zero-order chi connectivity index (χ0) is 15.3. The first-order valence-corrected chi connectivity index (χ1v) is 7.01. The molecule has 1 aliphatic heterocycles. The van der Waals surface area contributed by atoms with Gasteiger partial charge in [-0.3, -0.25) is 4.90 Å². The molecular formula is C15H20F3NO2. The Labute approximate surface area is 122 Å². The van der Waals surface area contributed by atoms with Crippen molar-refractivity contribution in [2.75, 3.05) is 40.0 Å². The van der Waals surface area contributed by atoms with Crippen LogP contribution < -0.4 is 0 Å². The molecule has 118 valence electrons. The number of halogens is 3. The van der Waals surface area contributed by atoms with Crippen LogP contribution in [0.5, 0.6) is 0 Å². The van der Waals surface area contributed by atoms with Crippen molar-refractivity contribution in [1.82, 2.24) is 4.90 Å². The van der Waals surface area contributed by atoms with Gasteiger partial charge in [-0.2, -0.15) is 13.2 Å². The molecular weight excluding hydrogens is 283 g/mol. The first-order valence-electron chi connectivity index (χ1n) is 7.01. The van der Waals surface area contributed by atoms with Crippen LogP contribution in [-0.4, -0.2) is 44.9 Å². The Morgan fingerprint density at radius 3 is 2.62 bits per heavy atom. The fourth-order valence-electron chi connectivity index (χ4n) is 2.43. The van der Waals surface area contributed by atoms with Gasteiger partial charge in [-0.1, -0.05) is 12.1 Å². The summed E-state index contributed by atoms with van der Waals surface area (Å²) < 4.78 is 48.3. The molecule has 0 aromatic heterocycles. The van der Waals surface area contributed by atoms with E-state index >= 15 is 0 Å². The number of benzene rings is 1. The van der Waals surface area contributed by atoms with Crippen molar-refractivity contribution >= 4 is 0 Å². The fraction of sp³-hybridized carbons (Fsp3) is 0.600. The first-order chi connectivity index (χ1) is 10.0. The average Bonchev–Trinajstić information content (AvgIpc) is 2.47. The highest BCUT2D eigenvalue weighted by Gasteiger charge is 2.30. The summed E-state index contributed by atoms with van der Waals surface area (Å²) in [4.78, 5) is 2.25. The summed E-state index contributed by atoms with van der Waals surface area (Å²) in [5.41, 5.74) is 0.165. The van der Waals surface area contributed by atoms with Gasteiger partial charge in [0, 0.05) is 33.4 Å². The van der Waals surface area contributed by atoms with Crippen LogP contribution in [0.4, 0.5) is 13.2 Å². The lowest BCUT2D eigenvalue weighted by atomic mass is 10.1. The molecule has 1 aromatic rings. The maximum atomic E-state index is 12.5. The van der Waals surface area contributed by atoms with Crippen molar-refractivity contribution in [1.29, 1.82) is 0 Å². The van der Waals surface area contributed by atoms with E-state index in [2.05, 4.69) is 4.90 Å². The van der Waals surface area contributed by atoms with E-state index in [1.54, 1.807) is 7.11 Å². The maximum absolute atomic E-state index is 12.5. The van der Waals surface area contributed by atoms with Gasteiger partial charge < -0.3 is 9.47 Å². The number of hydrogen-bond donors (Lipinski definition) is 0. The second-order valence-corrected chi connectivity index (χ2v) is 5.13. The Morgan fingerprint density at radius 1 is 1.29 bits per heavy atom. The molecule has 0 amide bonds. The van der Waals surface area contributed by atoms with E-state index in [1.807, 2.05) is 0 Å². The lowest BCUT2D eigenvalue weighted by molar-refractivity contribution is -0.137. The van der Waals surface area contributed by atoms with E-state index in [1.165, 1.54) is 12.1 Å². The Kier molecular flexibility index (Phi) is 5.61. The summed E-state index contributed by atoms with van der Waals surface area (Å²) in [7, 11) is 1.67.